The Balaban J connectivity index is 0.000000921. The minimum atomic E-state index is -0.0286. The predicted octanol–water partition coefficient (Wildman–Crippen LogP) is 6.32. The SMILES string of the molecule is CCCCCCCCCCCCCCCC(=O)NCCOCCOC[NH-].O=C(CC[CH-][C](O)=[W])NC1CCC1. The first-order valence-corrected chi connectivity index (χ1v) is 16.9. The Hall–Kier alpha value is -0.662. The Bertz CT molecular complexity index is 591. The molecule has 0 aliphatic heterocycles. The number of nitrogens with one attached hydrogen (secondary N) is 3. The van der Waals surface area contributed by atoms with Gasteiger partial charge in [-0.3, -0.25) is 4.79 Å². The minimum absolute atomic E-state index is 0.0286. The van der Waals surface area contributed by atoms with Crippen LogP contribution in [0.2, 0.25) is 0 Å². The second-order valence-corrected chi connectivity index (χ2v) is 11.8. The summed E-state index contributed by atoms with van der Waals surface area (Å²) in [5, 5.41) is 14.7. The summed E-state index contributed by atoms with van der Waals surface area (Å²) in [5.41, 5.74) is 6.81. The van der Waals surface area contributed by atoms with Crippen LogP contribution < -0.4 is 10.6 Å². The van der Waals surface area contributed by atoms with E-state index >= 15 is 0 Å². The first-order chi connectivity index (χ1) is 19.0. The molecule has 39 heavy (non-hydrogen) atoms. The van der Waals surface area contributed by atoms with Crippen LogP contribution in [-0.2, 0) is 38.4 Å². The monoisotopic (exact) mass is 723 g/mol. The maximum atomic E-state index is 11.7. The Labute approximate surface area is 249 Å². The van der Waals surface area contributed by atoms with Crippen LogP contribution >= 0.6 is 0 Å². The van der Waals surface area contributed by atoms with Crippen molar-refractivity contribution in [2.24, 2.45) is 0 Å². The number of rotatable bonds is 26. The van der Waals surface area contributed by atoms with Crippen LogP contribution in [0.25, 0.3) is 5.73 Å². The molecule has 0 spiro atoms. The average molecular weight is 724 g/mol. The van der Waals surface area contributed by atoms with Crippen LogP contribution in [0.5, 0.6) is 0 Å². The molecule has 0 saturated heterocycles. The van der Waals surface area contributed by atoms with Crippen molar-refractivity contribution in [1.82, 2.24) is 10.6 Å². The summed E-state index contributed by atoms with van der Waals surface area (Å²) >= 11 is 1.05. The molecule has 0 aromatic rings. The topological polar surface area (TPSA) is 121 Å². The molecule has 1 saturated carbocycles. The van der Waals surface area contributed by atoms with Gasteiger partial charge in [0.2, 0.25) is 5.91 Å². The van der Waals surface area contributed by atoms with Crippen LogP contribution in [0.15, 0.2) is 0 Å². The second kappa shape index (κ2) is 30.3. The number of aliphatic hydroxyl groups excluding tert-OH is 1. The quantitative estimate of drug-likeness (QED) is 0.0714. The van der Waals surface area contributed by atoms with E-state index in [4.69, 9.17) is 20.3 Å². The molecule has 9 heteroatoms. The van der Waals surface area contributed by atoms with Crippen molar-refractivity contribution in [3.63, 3.8) is 0 Å². The molecule has 1 aliphatic rings. The zero-order valence-corrected chi connectivity index (χ0v) is 27.5. The number of hydrogen-bond donors (Lipinski definition) is 3. The van der Waals surface area contributed by atoms with E-state index in [1.165, 1.54) is 77.0 Å². The van der Waals surface area contributed by atoms with E-state index in [9.17, 15) is 9.59 Å². The number of carbonyl (C=O) groups is 2. The fraction of sp³-hybridized carbons (Fsp3) is 0.867. The molecule has 0 bridgehead atoms. The fourth-order valence-corrected chi connectivity index (χ4v) is 4.55. The van der Waals surface area contributed by atoms with Crippen molar-refractivity contribution < 1.29 is 43.5 Å². The number of aliphatic hydroxyl groups is 1. The van der Waals surface area contributed by atoms with Crippen molar-refractivity contribution >= 4 is 15.9 Å². The first kappa shape index (κ1) is 38.3. The van der Waals surface area contributed by atoms with Crippen molar-refractivity contribution in [3.05, 3.63) is 12.2 Å². The molecule has 1 fully saturated rings. The fourth-order valence-electron chi connectivity index (χ4n) is 4.13. The van der Waals surface area contributed by atoms with E-state index in [0.29, 0.717) is 55.8 Å². The van der Waals surface area contributed by atoms with E-state index in [-0.39, 0.29) is 18.5 Å². The Morgan fingerprint density at radius 1 is 0.846 bits per heavy atom. The molecule has 0 aromatic carbocycles. The van der Waals surface area contributed by atoms with Crippen LogP contribution in [0.4, 0.5) is 0 Å². The molecule has 8 nitrogen and oxygen atoms in total. The van der Waals surface area contributed by atoms with Gasteiger partial charge >= 0.3 is 89.1 Å². The van der Waals surface area contributed by atoms with Gasteiger partial charge < -0.3 is 20.5 Å². The molecule has 0 aromatic heterocycles. The van der Waals surface area contributed by atoms with Gasteiger partial charge in [-0.15, -0.1) is 0 Å². The van der Waals surface area contributed by atoms with Crippen molar-refractivity contribution in [2.75, 3.05) is 33.1 Å². The predicted molar refractivity (Wildman–Crippen MR) is 156 cm³/mol. The number of amides is 2. The standard InChI is InChI=1S/C21H43N2O3.C9H14NO2.W/c1-2-3-4-5-6-7-8-9-10-11-12-13-14-15-21(24)23-16-17-25-18-19-26-20-22;11-7-2-1-6-9(12)10-8-4-3-5-8;/h22H,2-20H2,1H3,(H,23,24);2,8,11H,1,3-6H2,(H,10,12);/q2*-1;. The summed E-state index contributed by atoms with van der Waals surface area (Å²) in [6.07, 6.45) is 24.2. The van der Waals surface area contributed by atoms with E-state index < -0.39 is 0 Å². The van der Waals surface area contributed by atoms with Crippen LogP contribution in [-0.4, -0.2) is 60.1 Å². The molecule has 2 amide bonds. The molecule has 4 N–H and O–H groups in total. The number of hydrogen-bond acceptors (Lipinski definition) is 5. The zero-order valence-electron chi connectivity index (χ0n) is 24.6. The van der Waals surface area contributed by atoms with Gasteiger partial charge in [-0.25, -0.2) is 0 Å². The number of carbonyl (C=O) groups excluding carboxylic acids is 2. The molecular weight excluding hydrogens is 666 g/mol. The molecule has 1 aliphatic carbocycles. The molecule has 0 atom stereocenters. The number of ether oxygens (including phenoxy) is 2. The number of unbranched alkanes of at least 4 members (excludes halogenated alkanes) is 12. The molecular formula is C30H57N3O5W-2. The van der Waals surface area contributed by atoms with E-state index in [1.54, 1.807) is 6.42 Å². The van der Waals surface area contributed by atoms with Gasteiger partial charge in [0, 0.05) is 13.0 Å². The van der Waals surface area contributed by atoms with Crippen LogP contribution in [0.1, 0.15) is 129 Å². The summed E-state index contributed by atoms with van der Waals surface area (Å²) in [7, 11) is 0. The third-order valence-corrected chi connectivity index (χ3v) is 7.31. The Morgan fingerprint density at radius 2 is 1.41 bits per heavy atom. The molecule has 0 unspecified atom stereocenters. The first-order valence-electron chi connectivity index (χ1n) is 15.4. The summed E-state index contributed by atoms with van der Waals surface area (Å²) in [4.78, 5) is 22.9. The Morgan fingerprint density at radius 3 is 1.92 bits per heavy atom. The summed E-state index contributed by atoms with van der Waals surface area (Å²) in [6, 6.07) is 0.428. The molecule has 1 rings (SSSR count). The summed E-state index contributed by atoms with van der Waals surface area (Å²) in [6.45, 7) is 4.22. The Kier molecular flexibility index (Phi) is 29.8. The average Bonchev–Trinajstić information content (AvgIpc) is 2.88. The van der Waals surface area contributed by atoms with E-state index in [0.717, 1.165) is 45.0 Å². The van der Waals surface area contributed by atoms with Gasteiger partial charge in [0.25, 0.3) is 0 Å². The van der Waals surface area contributed by atoms with Crippen molar-refractivity contribution in [2.45, 2.75) is 135 Å². The van der Waals surface area contributed by atoms with Gasteiger partial charge in [0.1, 0.15) is 0 Å². The molecule has 0 radical (unpaired) electrons. The van der Waals surface area contributed by atoms with Gasteiger partial charge in [-0.1, -0.05) is 84.0 Å². The van der Waals surface area contributed by atoms with Crippen LogP contribution in [0, 0.1) is 6.42 Å². The maximum absolute atomic E-state index is 11.7. The van der Waals surface area contributed by atoms with Gasteiger partial charge in [0.15, 0.2) is 0 Å². The summed E-state index contributed by atoms with van der Waals surface area (Å²) in [5.74, 6) is 0.233. The third-order valence-electron chi connectivity index (χ3n) is 6.71. The molecule has 230 valence electrons. The summed E-state index contributed by atoms with van der Waals surface area (Å²) < 4.78 is 10.5. The van der Waals surface area contributed by atoms with Crippen molar-refractivity contribution in [3.8, 4) is 0 Å². The molecule has 0 heterocycles. The van der Waals surface area contributed by atoms with Gasteiger partial charge in [-0.2, -0.15) is 0 Å². The second-order valence-electron chi connectivity index (χ2n) is 10.3. The van der Waals surface area contributed by atoms with E-state index in [2.05, 4.69) is 17.6 Å². The van der Waals surface area contributed by atoms with Gasteiger partial charge in [0.05, 0.1) is 19.8 Å². The van der Waals surface area contributed by atoms with E-state index in [1.807, 2.05) is 0 Å². The zero-order chi connectivity index (χ0) is 28.8. The van der Waals surface area contributed by atoms with Crippen molar-refractivity contribution in [1.29, 1.82) is 0 Å². The van der Waals surface area contributed by atoms with Crippen LogP contribution in [0.3, 0.4) is 0 Å². The van der Waals surface area contributed by atoms with Gasteiger partial charge in [-0.05, 0) is 13.2 Å². The third kappa shape index (κ3) is 30.1. The normalized spacial score (nSPS) is 12.8.